The number of carbonyl (C=O) groups is 2. The van der Waals surface area contributed by atoms with Crippen molar-refractivity contribution in [2.75, 3.05) is 13.7 Å². The molecule has 0 bridgehead atoms. The zero-order valence-electron chi connectivity index (χ0n) is 7.29. The predicted molar refractivity (Wildman–Crippen MR) is 45.4 cm³/mol. The van der Waals surface area contributed by atoms with Crippen LogP contribution < -0.4 is 5.32 Å². The first-order chi connectivity index (χ1) is 5.65. The number of methoxy groups -OCH3 is 1. The van der Waals surface area contributed by atoms with Crippen molar-refractivity contribution in [2.24, 2.45) is 5.92 Å². The van der Waals surface area contributed by atoms with E-state index in [0.717, 1.165) is 16.3 Å². The van der Waals surface area contributed by atoms with E-state index in [2.05, 4.69) is 10.1 Å². The van der Waals surface area contributed by atoms with Gasteiger partial charge in [-0.05, 0) is 0 Å². The third-order valence-electron chi connectivity index (χ3n) is 2.22. The van der Waals surface area contributed by atoms with Gasteiger partial charge in [0.1, 0.15) is 0 Å². The Kier molecular flexibility index (Phi) is 3.13. The standard InChI is InChI=1S/C7H10NO3.Al.2H/c1-11-7(10)5-2-3-6(9)8-4-5;;;/h2,5H,3-4H2,1H3,(H,8,9);;;. The molecule has 2 unspecified atom stereocenters. The third kappa shape index (κ3) is 1.99. The molecule has 66 valence electrons. The highest BCUT2D eigenvalue weighted by Gasteiger charge is 2.31. The van der Waals surface area contributed by atoms with E-state index in [1.165, 1.54) is 7.11 Å². The highest BCUT2D eigenvalue weighted by molar-refractivity contribution is 6.15. The maximum Gasteiger partial charge on any atom is 0.309 e. The number of carbonyl (C=O) groups excluding carboxylic acids is 2. The maximum atomic E-state index is 11.1. The average molecular weight is 185 g/mol. The van der Waals surface area contributed by atoms with Crippen LogP contribution in [0.3, 0.4) is 0 Å². The minimum Gasteiger partial charge on any atom is -0.469 e. The molecule has 1 amide bonds. The normalized spacial score (nSPS) is 29.2. The van der Waals surface area contributed by atoms with Gasteiger partial charge in [0.05, 0.1) is 13.0 Å². The second-order valence-corrected chi connectivity index (χ2v) is 4.60. The van der Waals surface area contributed by atoms with Crippen molar-refractivity contribution in [3.8, 4) is 0 Å². The van der Waals surface area contributed by atoms with E-state index in [9.17, 15) is 9.59 Å². The molecule has 1 N–H and O–H groups in total. The van der Waals surface area contributed by atoms with Gasteiger partial charge in [-0.1, -0.05) is 4.78 Å². The van der Waals surface area contributed by atoms with Crippen LogP contribution in [0.15, 0.2) is 0 Å². The number of hydrogen-bond acceptors (Lipinski definition) is 3. The molecule has 0 spiro atoms. The van der Waals surface area contributed by atoms with Gasteiger partial charge in [-0.2, -0.15) is 0 Å². The van der Waals surface area contributed by atoms with Crippen molar-refractivity contribution in [2.45, 2.75) is 11.2 Å². The lowest BCUT2D eigenvalue weighted by Crippen LogP contribution is -2.42. The SMILES string of the molecule is COC(=O)C1CNC(=O)C[CH]1[AlH2]. The molecule has 1 rings (SSSR count). The molecule has 1 saturated heterocycles. The molecule has 0 saturated carbocycles. The lowest BCUT2D eigenvalue weighted by Gasteiger charge is -2.26. The fourth-order valence-electron chi connectivity index (χ4n) is 1.40. The molecule has 4 nitrogen and oxygen atoms in total. The monoisotopic (exact) mass is 185 g/mol. The average Bonchev–Trinajstić information content (AvgIpc) is 2.03. The smallest absolute Gasteiger partial charge is 0.309 e. The van der Waals surface area contributed by atoms with Gasteiger partial charge in [0.15, 0.2) is 0 Å². The highest BCUT2D eigenvalue weighted by Crippen LogP contribution is 2.22. The summed E-state index contributed by atoms with van der Waals surface area (Å²) in [5.74, 6) is -0.260. The number of nitrogens with one attached hydrogen (secondary N) is 1. The summed E-state index contributed by atoms with van der Waals surface area (Å²) >= 11 is 0.863. The van der Waals surface area contributed by atoms with Gasteiger partial charge in [0.2, 0.25) is 22.2 Å². The Morgan fingerprint density at radius 1 is 1.75 bits per heavy atom. The van der Waals surface area contributed by atoms with Gasteiger partial charge in [-0.15, -0.1) is 0 Å². The number of rotatable bonds is 1. The Bertz CT molecular complexity index is 207. The first-order valence-electron chi connectivity index (χ1n) is 3.99. The van der Waals surface area contributed by atoms with Crippen LogP contribution >= 0.6 is 0 Å². The molecule has 1 heterocycles. The molecule has 2 atom stereocenters. The molecule has 0 aromatic heterocycles. The second kappa shape index (κ2) is 3.93. The van der Waals surface area contributed by atoms with Gasteiger partial charge in [-0.3, -0.25) is 9.59 Å². The lowest BCUT2D eigenvalue weighted by atomic mass is 9.98. The fraction of sp³-hybridized carbons (Fsp3) is 0.714. The minimum atomic E-state index is -0.199. The van der Waals surface area contributed by atoms with E-state index >= 15 is 0 Å². The maximum absolute atomic E-state index is 11.1. The van der Waals surface area contributed by atoms with Gasteiger partial charge in [0, 0.05) is 13.0 Å². The molecule has 1 aliphatic heterocycles. The molecule has 0 aromatic rings. The summed E-state index contributed by atoms with van der Waals surface area (Å²) in [7, 11) is 1.38. The molecule has 0 aromatic carbocycles. The van der Waals surface area contributed by atoms with Crippen LogP contribution in [0, 0.1) is 5.92 Å². The molecule has 0 radical (unpaired) electrons. The van der Waals surface area contributed by atoms with E-state index in [-0.39, 0.29) is 22.6 Å². The van der Waals surface area contributed by atoms with Crippen LogP contribution in [0.2, 0.25) is 4.78 Å². The number of esters is 1. The first-order valence-corrected chi connectivity index (χ1v) is 5.15. The van der Waals surface area contributed by atoms with E-state index in [4.69, 9.17) is 0 Å². The molecule has 12 heavy (non-hydrogen) atoms. The van der Waals surface area contributed by atoms with Crippen LogP contribution in [0.5, 0.6) is 0 Å². The predicted octanol–water partition coefficient (Wildman–Crippen LogP) is -1.28. The van der Waals surface area contributed by atoms with Crippen molar-refractivity contribution in [3.05, 3.63) is 0 Å². The second-order valence-electron chi connectivity index (χ2n) is 3.12. The van der Waals surface area contributed by atoms with Crippen molar-refractivity contribution in [1.29, 1.82) is 0 Å². The molecule has 5 heteroatoms. The first kappa shape index (κ1) is 9.56. The van der Waals surface area contributed by atoms with Crippen LogP contribution in [0.25, 0.3) is 0 Å². The summed E-state index contributed by atoms with van der Waals surface area (Å²) in [5, 5.41) is 2.66. The van der Waals surface area contributed by atoms with Gasteiger partial charge >= 0.3 is 5.97 Å². The van der Waals surface area contributed by atoms with Crippen LogP contribution in [-0.2, 0) is 14.3 Å². The molecular weight excluding hydrogens is 173 g/mol. The summed E-state index contributed by atoms with van der Waals surface area (Å²) < 4.78 is 4.86. The van der Waals surface area contributed by atoms with Crippen LogP contribution in [0.4, 0.5) is 0 Å². The Morgan fingerprint density at radius 2 is 2.42 bits per heavy atom. The lowest BCUT2D eigenvalue weighted by molar-refractivity contribution is -0.146. The Hall–Kier alpha value is -0.528. The third-order valence-corrected chi connectivity index (χ3v) is 3.43. The van der Waals surface area contributed by atoms with Gasteiger partial charge in [-0.25, -0.2) is 0 Å². The molecular formula is C7H12AlNO3. The molecule has 1 aliphatic rings. The number of hydrogen-bond donors (Lipinski definition) is 1. The summed E-state index contributed by atoms with van der Waals surface area (Å²) in [6, 6.07) is 0. The highest BCUT2D eigenvalue weighted by atomic mass is 27.0. The van der Waals surface area contributed by atoms with E-state index < -0.39 is 0 Å². The fourth-order valence-corrected chi connectivity index (χ4v) is 2.28. The van der Waals surface area contributed by atoms with E-state index in [1.54, 1.807) is 0 Å². The van der Waals surface area contributed by atoms with Crippen molar-refractivity contribution < 1.29 is 14.3 Å². The summed E-state index contributed by atoms with van der Waals surface area (Å²) in [6.45, 7) is 0.444. The minimum absolute atomic E-state index is 0.0511. The van der Waals surface area contributed by atoms with Crippen molar-refractivity contribution in [1.82, 2.24) is 5.32 Å². The topological polar surface area (TPSA) is 55.4 Å². The number of amides is 1. The zero-order chi connectivity index (χ0) is 9.14. The Balaban J connectivity index is 2.56. The number of ether oxygens (including phenoxy) is 1. The van der Waals surface area contributed by atoms with Crippen molar-refractivity contribution in [3.63, 3.8) is 0 Å². The zero-order valence-corrected chi connectivity index (χ0v) is 9.29. The Morgan fingerprint density at radius 3 is 2.92 bits per heavy atom. The van der Waals surface area contributed by atoms with Crippen molar-refractivity contribution >= 4 is 28.2 Å². The van der Waals surface area contributed by atoms with Crippen LogP contribution in [-0.4, -0.2) is 41.8 Å². The van der Waals surface area contributed by atoms with E-state index in [0.29, 0.717) is 13.0 Å². The van der Waals surface area contributed by atoms with Crippen LogP contribution in [0.1, 0.15) is 6.42 Å². The van der Waals surface area contributed by atoms with Gasteiger partial charge in [0.25, 0.3) is 0 Å². The number of piperidine rings is 1. The summed E-state index contributed by atoms with van der Waals surface area (Å²) in [6.07, 6.45) is 0.478. The Labute approximate surface area is 79.1 Å². The largest absolute Gasteiger partial charge is 0.469 e. The quantitative estimate of drug-likeness (QED) is 0.409. The summed E-state index contributed by atoms with van der Waals surface area (Å²) in [5.41, 5.74) is 0. The van der Waals surface area contributed by atoms with E-state index in [1.807, 2.05) is 0 Å². The van der Waals surface area contributed by atoms with Gasteiger partial charge < -0.3 is 10.1 Å². The molecule has 0 aliphatic carbocycles. The molecule has 1 fully saturated rings. The summed E-state index contributed by atoms with van der Waals surface area (Å²) in [4.78, 5) is 22.0.